The summed E-state index contributed by atoms with van der Waals surface area (Å²) >= 11 is 0. The Morgan fingerprint density at radius 1 is 0.533 bits per heavy atom. The standard InChI is InChI=1S/C28H26N2/c1-3-9-25-17-21(13-15-23(25)7-1)19-29-27-11-5-6-12-28(27)30-20-22-14-16-24-8-2-4-10-26(24)18-22/h1-4,7-10,13-20,27-28H,5-6,11-12H2/b29-19+,30-20+/t27-,28-/m0/s1. The Kier molecular flexibility index (Phi) is 5.39. The Morgan fingerprint density at radius 2 is 0.967 bits per heavy atom. The number of fused-ring (bicyclic) bond motifs is 2. The van der Waals surface area contributed by atoms with Gasteiger partial charge in [0.25, 0.3) is 0 Å². The predicted molar refractivity (Wildman–Crippen MR) is 129 cm³/mol. The molecule has 148 valence electrons. The van der Waals surface area contributed by atoms with E-state index in [9.17, 15) is 0 Å². The molecule has 4 aromatic carbocycles. The number of nitrogens with zero attached hydrogens (tertiary/aromatic N) is 2. The molecule has 0 unspecified atom stereocenters. The molecule has 2 heteroatoms. The largest absolute Gasteiger partial charge is 0.287 e. The normalized spacial score (nSPS) is 19.9. The smallest absolute Gasteiger partial charge is 0.0723 e. The summed E-state index contributed by atoms with van der Waals surface area (Å²) < 4.78 is 0. The predicted octanol–water partition coefficient (Wildman–Crippen LogP) is 6.84. The van der Waals surface area contributed by atoms with E-state index in [2.05, 4.69) is 84.9 Å². The maximum Gasteiger partial charge on any atom is 0.0723 e. The maximum absolute atomic E-state index is 4.97. The lowest BCUT2D eigenvalue weighted by atomic mass is 9.91. The molecule has 1 fully saturated rings. The van der Waals surface area contributed by atoms with Gasteiger partial charge in [-0.05, 0) is 57.6 Å². The van der Waals surface area contributed by atoms with Crippen LogP contribution >= 0.6 is 0 Å². The molecule has 0 aromatic heterocycles. The summed E-state index contributed by atoms with van der Waals surface area (Å²) in [5.41, 5.74) is 2.33. The summed E-state index contributed by atoms with van der Waals surface area (Å²) in [5.74, 6) is 0. The van der Waals surface area contributed by atoms with Gasteiger partial charge in [-0.3, -0.25) is 9.98 Å². The molecule has 30 heavy (non-hydrogen) atoms. The molecule has 0 heterocycles. The molecule has 0 N–H and O–H groups in total. The summed E-state index contributed by atoms with van der Waals surface area (Å²) in [4.78, 5) is 9.93. The molecule has 0 spiro atoms. The first kappa shape index (κ1) is 18.7. The van der Waals surface area contributed by atoms with Crippen molar-refractivity contribution in [3.8, 4) is 0 Å². The number of benzene rings is 4. The average molecular weight is 391 g/mol. The number of rotatable bonds is 4. The summed E-state index contributed by atoms with van der Waals surface area (Å²) in [5, 5.41) is 5.06. The van der Waals surface area contributed by atoms with Gasteiger partial charge in [-0.15, -0.1) is 0 Å². The first-order valence-corrected chi connectivity index (χ1v) is 10.9. The van der Waals surface area contributed by atoms with E-state index in [0.717, 1.165) is 24.0 Å². The van der Waals surface area contributed by atoms with Crippen molar-refractivity contribution in [3.63, 3.8) is 0 Å². The number of hydrogen-bond acceptors (Lipinski definition) is 2. The topological polar surface area (TPSA) is 24.7 Å². The van der Waals surface area contributed by atoms with Crippen molar-refractivity contribution < 1.29 is 0 Å². The lowest BCUT2D eigenvalue weighted by Crippen LogP contribution is -2.27. The van der Waals surface area contributed by atoms with E-state index in [-0.39, 0.29) is 12.1 Å². The summed E-state index contributed by atoms with van der Waals surface area (Å²) in [6.07, 6.45) is 8.79. The van der Waals surface area contributed by atoms with E-state index < -0.39 is 0 Å². The van der Waals surface area contributed by atoms with Crippen molar-refractivity contribution in [3.05, 3.63) is 96.1 Å². The molecule has 1 aliphatic rings. The van der Waals surface area contributed by atoms with Crippen LogP contribution in [0.5, 0.6) is 0 Å². The third-order valence-corrected chi connectivity index (χ3v) is 6.07. The fourth-order valence-corrected chi connectivity index (χ4v) is 4.38. The third-order valence-electron chi connectivity index (χ3n) is 6.07. The second-order valence-corrected chi connectivity index (χ2v) is 8.19. The third kappa shape index (κ3) is 4.18. The Labute approximate surface area is 178 Å². The van der Waals surface area contributed by atoms with Gasteiger partial charge in [-0.1, -0.05) is 85.6 Å². The van der Waals surface area contributed by atoms with Gasteiger partial charge in [0.15, 0.2) is 0 Å². The van der Waals surface area contributed by atoms with E-state index in [1.54, 1.807) is 0 Å². The van der Waals surface area contributed by atoms with Crippen molar-refractivity contribution >= 4 is 34.0 Å². The van der Waals surface area contributed by atoms with E-state index in [1.165, 1.54) is 34.4 Å². The Morgan fingerprint density at radius 3 is 1.43 bits per heavy atom. The number of aliphatic imine (C=N–C) groups is 2. The van der Waals surface area contributed by atoms with Crippen LogP contribution in [0.15, 0.2) is 94.9 Å². The molecule has 0 aliphatic heterocycles. The lowest BCUT2D eigenvalue weighted by molar-refractivity contribution is 0.390. The zero-order valence-corrected chi connectivity index (χ0v) is 17.1. The fourth-order valence-electron chi connectivity index (χ4n) is 4.38. The molecule has 2 nitrogen and oxygen atoms in total. The highest BCUT2D eigenvalue weighted by atomic mass is 14.9. The second kappa shape index (κ2) is 8.62. The highest BCUT2D eigenvalue weighted by molar-refractivity contribution is 5.91. The van der Waals surface area contributed by atoms with Crippen LogP contribution in [0.1, 0.15) is 36.8 Å². The van der Waals surface area contributed by atoms with Crippen molar-refractivity contribution in [2.45, 2.75) is 37.8 Å². The summed E-state index contributed by atoms with van der Waals surface area (Å²) in [6, 6.07) is 30.6. The van der Waals surface area contributed by atoms with Crippen molar-refractivity contribution in [1.82, 2.24) is 0 Å². The van der Waals surface area contributed by atoms with Crippen LogP contribution in [0, 0.1) is 0 Å². The minimum atomic E-state index is 0.266. The van der Waals surface area contributed by atoms with Crippen LogP contribution in [-0.4, -0.2) is 24.5 Å². The van der Waals surface area contributed by atoms with Gasteiger partial charge in [0.05, 0.1) is 12.1 Å². The Bertz CT molecular complexity index is 1120. The zero-order chi connectivity index (χ0) is 20.2. The minimum absolute atomic E-state index is 0.266. The lowest BCUT2D eigenvalue weighted by Gasteiger charge is -2.25. The van der Waals surface area contributed by atoms with E-state index in [4.69, 9.17) is 9.98 Å². The van der Waals surface area contributed by atoms with Gasteiger partial charge >= 0.3 is 0 Å². The first-order valence-electron chi connectivity index (χ1n) is 10.9. The van der Waals surface area contributed by atoms with E-state index in [0.29, 0.717) is 0 Å². The molecular formula is C28H26N2. The molecule has 1 aliphatic carbocycles. The fraction of sp³-hybridized carbons (Fsp3) is 0.214. The van der Waals surface area contributed by atoms with Gasteiger partial charge in [-0.2, -0.15) is 0 Å². The Hall–Kier alpha value is -3.26. The van der Waals surface area contributed by atoms with Gasteiger partial charge in [0, 0.05) is 12.4 Å². The summed E-state index contributed by atoms with van der Waals surface area (Å²) in [7, 11) is 0. The van der Waals surface area contributed by atoms with Gasteiger partial charge in [0.2, 0.25) is 0 Å². The molecule has 2 atom stereocenters. The molecule has 5 rings (SSSR count). The van der Waals surface area contributed by atoms with Gasteiger partial charge in [-0.25, -0.2) is 0 Å². The molecule has 0 amide bonds. The SMILES string of the molecule is C(=N\[C@H]1CCCC[C@@H]1/N=C/c1ccc2ccccc2c1)/c1ccc2ccccc2c1. The number of hydrogen-bond donors (Lipinski definition) is 0. The van der Waals surface area contributed by atoms with Crippen LogP contribution in [0.3, 0.4) is 0 Å². The molecule has 1 saturated carbocycles. The summed E-state index contributed by atoms with van der Waals surface area (Å²) in [6.45, 7) is 0. The van der Waals surface area contributed by atoms with Crippen LogP contribution in [0.2, 0.25) is 0 Å². The zero-order valence-electron chi connectivity index (χ0n) is 17.1. The van der Waals surface area contributed by atoms with E-state index >= 15 is 0 Å². The monoisotopic (exact) mass is 390 g/mol. The van der Waals surface area contributed by atoms with Crippen LogP contribution < -0.4 is 0 Å². The molecule has 4 aromatic rings. The van der Waals surface area contributed by atoms with Crippen molar-refractivity contribution in [2.75, 3.05) is 0 Å². The molecule has 0 radical (unpaired) electrons. The van der Waals surface area contributed by atoms with Crippen LogP contribution in [-0.2, 0) is 0 Å². The molecule has 0 bridgehead atoms. The van der Waals surface area contributed by atoms with Crippen LogP contribution in [0.4, 0.5) is 0 Å². The average Bonchev–Trinajstić information content (AvgIpc) is 2.81. The highest BCUT2D eigenvalue weighted by Gasteiger charge is 2.23. The highest BCUT2D eigenvalue weighted by Crippen LogP contribution is 2.24. The first-order chi connectivity index (χ1) is 14.8. The van der Waals surface area contributed by atoms with Crippen molar-refractivity contribution in [1.29, 1.82) is 0 Å². The Balaban J connectivity index is 1.34. The molecule has 0 saturated heterocycles. The van der Waals surface area contributed by atoms with E-state index in [1.807, 2.05) is 12.4 Å². The van der Waals surface area contributed by atoms with Crippen molar-refractivity contribution in [2.24, 2.45) is 9.98 Å². The maximum atomic E-state index is 4.97. The molecular weight excluding hydrogens is 364 g/mol. The second-order valence-electron chi connectivity index (χ2n) is 8.19. The van der Waals surface area contributed by atoms with Gasteiger partial charge in [0.1, 0.15) is 0 Å². The van der Waals surface area contributed by atoms with Gasteiger partial charge < -0.3 is 0 Å². The minimum Gasteiger partial charge on any atom is -0.287 e. The quantitative estimate of drug-likeness (QED) is 0.341. The van der Waals surface area contributed by atoms with Crippen LogP contribution in [0.25, 0.3) is 21.5 Å².